The van der Waals surface area contributed by atoms with Crippen LogP contribution in [-0.2, 0) is 13.5 Å². The van der Waals surface area contributed by atoms with Crippen molar-refractivity contribution < 1.29 is 14.4 Å². The number of nitrogens with one attached hydrogen (secondary N) is 1. The molecule has 1 saturated carbocycles. The van der Waals surface area contributed by atoms with Crippen molar-refractivity contribution in [3.8, 4) is 0 Å². The molecular formula is C17H24N4O3. The second-order valence-electron chi connectivity index (χ2n) is 6.53. The number of hydrogen-bond donors (Lipinski definition) is 2. The summed E-state index contributed by atoms with van der Waals surface area (Å²) in [5.41, 5.74) is 1.72. The Kier molecular flexibility index (Phi) is 4.71. The number of aryl methyl sites for hydroxylation is 2. The van der Waals surface area contributed by atoms with Crippen LogP contribution in [0.1, 0.15) is 53.5 Å². The zero-order valence-electron chi connectivity index (χ0n) is 14.3. The standard InChI is InChI=1S/C17H24N4O3/c1-4-14-13(5-6-21(14)3)16(23)18-9-12-7-11(8-15(12)22)17-19-10(2)20-24-17/h5-6,11-12,15,22H,4,7-9H2,1-3H3,(H,18,23)/t11-,12+,15+/m0/s1. The second kappa shape index (κ2) is 6.76. The Morgan fingerprint density at radius 1 is 1.50 bits per heavy atom. The third-order valence-corrected chi connectivity index (χ3v) is 4.86. The minimum absolute atomic E-state index is 0.0000510. The Bertz CT molecular complexity index is 721. The number of aliphatic hydroxyl groups excluding tert-OH is 1. The van der Waals surface area contributed by atoms with Crippen molar-refractivity contribution in [2.45, 2.75) is 45.1 Å². The van der Waals surface area contributed by atoms with E-state index in [2.05, 4.69) is 15.5 Å². The molecule has 3 atom stereocenters. The lowest BCUT2D eigenvalue weighted by atomic mass is 10.0. The molecule has 1 aliphatic carbocycles. The molecular weight excluding hydrogens is 308 g/mol. The van der Waals surface area contributed by atoms with Gasteiger partial charge in [0.05, 0.1) is 11.7 Å². The lowest BCUT2D eigenvalue weighted by molar-refractivity contribution is 0.0915. The molecule has 0 bridgehead atoms. The number of aliphatic hydroxyl groups is 1. The Balaban J connectivity index is 1.59. The van der Waals surface area contributed by atoms with Gasteiger partial charge < -0.3 is 19.5 Å². The van der Waals surface area contributed by atoms with E-state index < -0.39 is 6.10 Å². The molecule has 130 valence electrons. The summed E-state index contributed by atoms with van der Waals surface area (Å²) < 4.78 is 7.18. The predicted molar refractivity (Wildman–Crippen MR) is 87.6 cm³/mol. The predicted octanol–water partition coefficient (Wildman–Crippen LogP) is 1.56. The number of aromatic nitrogens is 3. The summed E-state index contributed by atoms with van der Waals surface area (Å²) in [5.74, 6) is 1.16. The van der Waals surface area contributed by atoms with Gasteiger partial charge >= 0.3 is 0 Å². The second-order valence-corrected chi connectivity index (χ2v) is 6.53. The highest BCUT2D eigenvalue weighted by molar-refractivity contribution is 5.95. The van der Waals surface area contributed by atoms with Crippen molar-refractivity contribution in [3.63, 3.8) is 0 Å². The van der Waals surface area contributed by atoms with E-state index in [0.29, 0.717) is 30.2 Å². The summed E-state index contributed by atoms with van der Waals surface area (Å²) in [4.78, 5) is 16.7. The van der Waals surface area contributed by atoms with Gasteiger partial charge in [-0.2, -0.15) is 4.98 Å². The first-order chi connectivity index (χ1) is 11.5. The molecule has 24 heavy (non-hydrogen) atoms. The maximum Gasteiger partial charge on any atom is 0.253 e. The van der Waals surface area contributed by atoms with Crippen LogP contribution < -0.4 is 5.32 Å². The summed E-state index contributed by atoms with van der Waals surface area (Å²) in [6.07, 6.45) is 3.55. The molecule has 7 heteroatoms. The fourth-order valence-electron chi connectivity index (χ4n) is 3.53. The molecule has 1 fully saturated rings. The topological polar surface area (TPSA) is 93.2 Å². The minimum Gasteiger partial charge on any atom is -0.393 e. The van der Waals surface area contributed by atoms with Gasteiger partial charge in [-0.15, -0.1) is 0 Å². The van der Waals surface area contributed by atoms with Crippen molar-refractivity contribution in [2.75, 3.05) is 6.54 Å². The van der Waals surface area contributed by atoms with Crippen LogP contribution in [0.2, 0.25) is 0 Å². The van der Waals surface area contributed by atoms with E-state index in [4.69, 9.17) is 4.52 Å². The van der Waals surface area contributed by atoms with Crippen LogP contribution in [0.5, 0.6) is 0 Å². The lowest BCUT2D eigenvalue weighted by Crippen LogP contribution is -2.32. The number of carbonyl (C=O) groups is 1. The molecule has 1 amide bonds. The van der Waals surface area contributed by atoms with Crippen molar-refractivity contribution in [2.24, 2.45) is 13.0 Å². The molecule has 0 aromatic carbocycles. The summed E-state index contributed by atoms with van der Waals surface area (Å²) >= 11 is 0. The minimum atomic E-state index is -0.469. The van der Waals surface area contributed by atoms with E-state index in [-0.39, 0.29) is 17.7 Å². The molecule has 0 saturated heterocycles. The average molecular weight is 332 g/mol. The first kappa shape index (κ1) is 16.7. The van der Waals surface area contributed by atoms with E-state index in [1.54, 1.807) is 6.92 Å². The number of amides is 1. The van der Waals surface area contributed by atoms with Gasteiger partial charge in [-0.05, 0) is 32.3 Å². The van der Waals surface area contributed by atoms with Gasteiger partial charge in [0.25, 0.3) is 5.91 Å². The first-order valence-electron chi connectivity index (χ1n) is 8.40. The van der Waals surface area contributed by atoms with Crippen molar-refractivity contribution in [1.82, 2.24) is 20.0 Å². The van der Waals surface area contributed by atoms with Crippen molar-refractivity contribution in [1.29, 1.82) is 0 Å². The van der Waals surface area contributed by atoms with Gasteiger partial charge in [0.1, 0.15) is 0 Å². The molecule has 2 aromatic rings. The summed E-state index contributed by atoms with van der Waals surface area (Å²) in [7, 11) is 1.94. The van der Waals surface area contributed by atoms with Crippen LogP contribution in [0.25, 0.3) is 0 Å². The fraction of sp³-hybridized carbons (Fsp3) is 0.588. The third-order valence-electron chi connectivity index (χ3n) is 4.86. The molecule has 0 radical (unpaired) electrons. The molecule has 2 heterocycles. The quantitative estimate of drug-likeness (QED) is 0.867. The average Bonchev–Trinajstić information content (AvgIpc) is 3.24. The molecule has 0 unspecified atom stereocenters. The third kappa shape index (κ3) is 3.21. The van der Waals surface area contributed by atoms with Crippen LogP contribution in [0.15, 0.2) is 16.8 Å². The van der Waals surface area contributed by atoms with Gasteiger partial charge in [-0.25, -0.2) is 0 Å². The van der Waals surface area contributed by atoms with Gasteiger partial charge in [0.2, 0.25) is 5.89 Å². The van der Waals surface area contributed by atoms with E-state index in [0.717, 1.165) is 18.5 Å². The molecule has 2 aromatic heterocycles. The van der Waals surface area contributed by atoms with Crippen LogP contribution in [0, 0.1) is 12.8 Å². The number of rotatable bonds is 5. The highest BCUT2D eigenvalue weighted by Crippen LogP contribution is 2.37. The maximum absolute atomic E-state index is 12.4. The lowest BCUT2D eigenvalue weighted by Gasteiger charge is -2.15. The number of nitrogens with zero attached hydrogens (tertiary/aromatic N) is 3. The van der Waals surface area contributed by atoms with Crippen molar-refractivity contribution >= 4 is 5.91 Å². The number of hydrogen-bond acceptors (Lipinski definition) is 5. The molecule has 0 aliphatic heterocycles. The molecule has 3 rings (SSSR count). The van der Waals surface area contributed by atoms with E-state index in [1.807, 2.05) is 30.8 Å². The van der Waals surface area contributed by atoms with Gasteiger partial charge in [0, 0.05) is 37.3 Å². The maximum atomic E-state index is 12.4. The summed E-state index contributed by atoms with van der Waals surface area (Å²) in [6.45, 7) is 4.26. The van der Waals surface area contributed by atoms with Gasteiger partial charge in [-0.3, -0.25) is 4.79 Å². The zero-order chi connectivity index (χ0) is 17.3. The van der Waals surface area contributed by atoms with Gasteiger partial charge in [0.15, 0.2) is 5.82 Å². The largest absolute Gasteiger partial charge is 0.393 e. The highest BCUT2D eigenvalue weighted by atomic mass is 16.5. The molecule has 0 spiro atoms. The number of carbonyl (C=O) groups excluding carboxylic acids is 1. The van der Waals surface area contributed by atoms with Crippen LogP contribution >= 0.6 is 0 Å². The van der Waals surface area contributed by atoms with Crippen LogP contribution in [-0.4, -0.2) is 38.4 Å². The van der Waals surface area contributed by atoms with Gasteiger partial charge in [-0.1, -0.05) is 12.1 Å². The first-order valence-corrected chi connectivity index (χ1v) is 8.40. The Morgan fingerprint density at radius 3 is 2.96 bits per heavy atom. The summed E-state index contributed by atoms with van der Waals surface area (Å²) in [6, 6.07) is 1.84. The molecule has 7 nitrogen and oxygen atoms in total. The van der Waals surface area contributed by atoms with E-state index in [1.165, 1.54) is 0 Å². The van der Waals surface area contributed by atoms with Crippen LogP contribution in [0.4, 0.5) is 0 Å². The smallest absolute Gasteiger partial charge is 0.253 e. The van der Waals surface area contributed by atoms with Crippen LogP contribution in [0.3, 0.4) is 0 Å². The zero-order valence-corrected chi connectivity index (χ0v) is 14.3. The van der Waals surface area contributed by atoms with E-state index >= 15 is 0 Å². The Hall–Kier alpha value is -2.15. The molecule has 2 N–H and O–H groups in total. The van der Waals surface area contributed by atoms with E-state index in [9.17, 15) is 9.90 Å². The normalized spacial score (nSPS) is 23.6. The molecule has 1 aliphatic rings. The highest BCUT2D eigenvalue weighted by Gasteiger charge is 2.36. The fourth-order valence-corrected chi connectivity index (χ4v) is 3.53. The Morgan fingerprint density at radius 2 is 2.29 bits per heavy atom. The Labute approximate surface area is 141 Å². The monoisotopic (exact) mass is 332 g/mol. The van der Waals surface area contributed by atoms with Crippen molar-refractivity contribution in [3.05, 3.63) is 35.2 Å². The summed E-state index contributed by atoms with van der Waals surface area (Å²) in [5, 5.41) is 17.0. The SMILES string of the molecule is CCc1c(C(=O)NC[C@H]2C[C@H](c3nc(C)no3)C[C@H]2O)ccn1C.